The zero-order chi connectivity index (χ0) is 23.6. The molecular weight excluding hydrogens is 422 g/mol. The van der Waals surface area contributed by atoms with Crippen LogP contribution in [0.2, 0.25) is 0 Å². The Bertz CT molecular complexity index is 562. The SMILES string of the molecule is COCCOCCOC(=O)NC1C(O)CC(OC(C)C)(C(=O)O)OC1C(O)C(O)CO. The number of alkyl carbamates (subject to hydrolysis) is 1. The highest BCUT2D eigenvalue weighted by Crippen LogP contribution is 2.34. The van der Waals surface area contributed by atoms with Gasteiger partial charge in [-0.05, 0) is 13.8 Å². The maximum Gasteiger partial charge on any atom is 0.407 e. The van der Waals surface area contributed by atoms with Crippen LogP contribution >= 0.6 is 0 Å². The van der Waals surface area contributed by atoms with Crippen LogP contribution in [0, 0.1) is 0 Å². The van der Waals surface area contributed by atoms with Gasteiger partial charge in [0.1, 0.15) is 24.9 Å². The second-order valence-corrected chi connectivity index (χ2v) is 7.23. The van der Waals surface area contributed by atoms with Gasteiger partial charge >= 0.3 is 12.1 Å². The molecule has 6 N–H and O–H groups in total. The number of hydrogen-bond donors (Lipinski definition) is 6. The standard InChI is InChI=1S/C18H33NO12/c1-10(2)30-18(16(24)25)8-11(21)13(15(31-18)14(23)12(22)9-20)19-17(26)29-7-6-28-5-4-27-3/h10-15,20-23H,4-9H2,1-3H3,(H,19,26)(H,24,25). The molecule has 0 spiro atoms. The van der Waals surface area contributed by atoms with Crippen LogP contribution in [0.3, 0.4) is 0 Å². The smallest absolute Gasteiger partial charge is 0.407 e. The monoisotopic (exact) mass is 455 g/mol. The highest BCUT2D eigenvalue weighted by molar-refractivity contribution is 5.76. The third-order valence-corrected chi connectivity index (χ3v) is 4.42. The molecular formula is C18H33NO12. The quantitative estimate of drug-likeness (QED) is 0.165. The number of aliphatic carboxylic acids is 1. The molecule has 1 amide bonds. The second-order valence-electron chi connectivity index (χ2n) is 7.23. The van der Waals surface area contributed by atoms with Gasteiger partial charge in [-0.15, -0.1) is 0 Å². The van der Waals surface area contributed by atoms with Crippen molar-refractivity contribution in [3.8, 4) is 0 Å². The number of rotatable bonds is 13. The lowest BCUT2D eigenvalue weighted by Crippen LogP contribution is -2.68. The van der Waals surface area contributed by atoms with Gasteiger partial charge in [-0.25, -0.2) is 9.59 Å². The van der Waals surface area contributed by atoms with Gasteiger partial charge in [-0.3, -0.25) is 0 Å². The van der Waals surface area contributed by atoms with E-state index in [1.807, 2.05) is 0 Å². The van der Waals surface area contributed by atoms with E-state index in [2.05, 4.69) is 5.32 Å². The highest BCUT2D eigenvalue weighted by Gasteiger charge is 2.56. The van der Waals surface area contributed by atoms with Gasteiger partial charge in [-0.2, -0.15) is 0 Å². The molecule has 1 aliphatic heterocycles. The molecule has 1 fully saturated rings. The van der Waals surface area contributed by atoms with Gasteiger partial charge in [0.15, 0.2) is 0 Å². The van der Waals surface area contributed by atoms with Gasteiger partial charge in [0.2, 0.25) is 0 Å². The van der Waals surface area contributed by atoms with Crippen molar-refractivity contribution >= 4 is 12.1 Å². The molecule has 0 radical (unpaired) electrons. The third-order valence-electron chi connectivity index (χ3n) is 4.42. The average molecular weight is 455 g/mol. The van der Waals surface area contributed by atoms with E-state index in [9.17, 15) is 30.0 Å². The molecule has 31 heavy (non-hydrogen) atoms. The number of carboxylic acid groups (broad SMARTS) is 1. The summed E-state index contributed by atoms with van der Waals surface area (Å²) in [5, 5.41) is 51.8. The maximum absolute atomic E-state index is 12.1. The zero-order valence-corrected chi connectivity index (χ0v) is 17.8. The van der Waals surface area contributed by atoms with Crippen LogP contribution in [-0.4, -0.2) is 120 Å². The number of amides is 1. The topological polar surface area (TPSA) is 193 Å². The molecule has 13 heteroatoms. The summed E-state index contributed by atoms with van der Waals surface area (Å²) in [6.07, 6.45) is -9.01. The Kier molecular flexibility index (Phi) is 11.6. The molecule has 0 aromatic carbocycles. The van der Waals surface area contributed by atoms with E-state index in [1.165, 1.54) is 7.11 Å². The molecule has 0 aromatic heterocycles. The summed E-state index contributed by atoms with van der Waals surface area (Å²) in [4.78, 5) is 24.0. The summed E-state index contributed by atoms with van der Waals surface area (Å²) in [5.74, 6) is -3.91. The molecule has 0 aliphatic carbocycles. The van der Waals surface area contributed by atoms with E-state index in [4.69, 9.17) is 28.8 Å². The number of nitrogens with one attached hydrogen (secondary N) is 1. The normalized spacial score (nSPS) is 28.2. The van der Waals surface area contributed by atoms with Crippen LogP contribution in [0.4, 0.5) is 4.79 Å². The largest absolute Gasteiger partial charge is 0.477 e. The first-order valence-electron chi connectivity index (χ1n) is 9.82. The number of aliphatic hydroxyl groups is 4. The number of ether oxygens (including phenoxy) is 5. The summed E-state index contributed by atoms with van der Waals surface area (Å²) in [6.45, 7) is 2.85. The molecule has 6 unspecified atom stereocenters. The van der Waals surface area contributed by atoms with Gasteiger partial charge in [0.25, 0.3) is 5.79 Å². The fourth-order valence-electron chi connectivity index (χ4n) is 3.01. The lowest BCUT2D eigenvalue weighted by Gasteiger charge is -2.46. The number of carbonyl (C=O) groups is 2. The third kappa shape index (κ3) is 8.12. The molecule has 1 heterocycles. The highest BCUT2D eigenvalue weighted by atomic mass is 16.7. The number of hydrogen-bond acceptors (Lipinski definition) is 11. The van der Waals surface area contributed by atoms with Crippen molar-refractivity contribution < 1.29 is 58.8 Å². The Hall–Kier alpha value is -1.58. The first-order chi connectivity index (χ1) is 14.6. The molecule has 6 atom stereocenters. The maximum atomic E-state index is 12.1. The van der Waals surface area contributed by atoms with E-state index in [1.54, 1.807) is 13.8 Å². The van der Waals surface area contributed by atoms with Gasteiger partial charge in [0.05, 0.1) is 44.7 Å². The van der Waals surface area contributed by atoms with Gasteiger partial charge < -0.3 is 54.5 Å². The first kappa shape index (κ1) is 27.5. The Balaban J connectivity index is 2.91. The van der Waals surface area contributed by atoms with Gasteiger partial charge in [-0.1, -0.05) is 0 Å². The molecule has 182 valence electrons. The molecule has 1 rings (SSSR count). The minimum absolute atomic E-state index is 0.0835. The van der Waals surface area contributed by atoms with E-state index in [0.717, 1.165) is 0 Å². The van der Waals surface area contributed by atoms with Crippen molar-refractivity contribution in [1.29, 1.82) is 0 Å². The molecule has 1 aliphatic rings. The average Bonchev–Trinajstić information content (AvgIpc) is 2.70. The van der Waals surface area contributed by atoms with E-state index >= 15 is 0 Å². The van der Waals surface area contributed by atoms with Crippen LogP contribution in [0.1, 0.15) is 20.3 Å². The predicted molar refractivity (Wildman–Crippen MR) is 102 cm³/mol. The molecule has 0 saturated carbocycles. The molecule has 13 nitrogen and oxygen atoms in total. The Labute approximate surface area is 179 Å². The Morgan fingerprint density at radius 1 is 1.19 bits per heavy atom. The molecule has 0 bridgehead atoms. The van der Waals surface area contributed by atoms with Crippen molar-refractivity contribution in [3.05, 3.63) is 0 Å². The minimum atomic E-state index is -2.34. The van der Waals surface area contributed by atoms with Crippen LogP contribution in [0.5, 0.6) is 0 Å². The van der Waals surface area contributed by atoms with Crippen LogP contribution in [0.25, 0.3) is 0 Å². The lowest BCUT2D eigenvalue weighted by atomic mass is 9.88. The number of carbonyl (C=O) groups excluding carboxylic acids is 1. The van der Waals surface area contributed by atoms with Crippen molar-refractivity contribution in [1.82, 2.24) is 5.32 Å². The van der Waals surface area contributed by atoms with Crippen molar-refractivity contribution in [2.75, 3.05) is 40.1 Å². The predicted octanol–water partition coefficient (Wildman–Crippen LogP) is -2.19. The zero-order valence-electron chi connectivity index (χ0n) is 17.8. The van der Waals surface area contributed by atoms with E-state index < -0.39 is 67.4 Å². The molecule has 1 saturated heterocycles. The Morgan fingerprint density at radius 3 is 2.39 bits per heavy atom. The summed E-state index contributed by atoms with van der Waals surface area (Å²) < 4.78 is 25.7. The van der Waals surface area contributed by atoms with Gasteiger partial charge in [0, 0.05) is 13.5 Å². The van der Waals surface area contributed by atoms with Crippen LogP contribution in [-0.2, 0) is 28.5 Å². The second kappa shape index (κ2) is 13.1. The number of aliphatic hydroxyl groups excluding tert-OH is 4. The first-order valence-corrected chi connectivity index (χ1v) is 9.82. The summed E-state index contributed by atoms with van der Waals surface area (Å²) >= 11 is 0. The molecule has 0 aromatic rings. The minimum Gasteiger partial charge on any atom is -0.477 e. The number of carboxylic acids is 1. The van der Waals surface area contributed by atoms with Crippen LogP contribution in [0.15, 0.2) is 0 Å². The number of methoxy groups -OCH3 is 1. The van der Waals surface area contributed by atoms with E-state index in [-0.39, 0.29) is 13.2 Å². The summed E-state index contributed by atoms with van der Waals surface area (Å²) in [5.41, 5.74) is 0. The van der Waals surface area contributed by atoms with E-state index in [0.29, 0.717) is 13.2 Å². The fraction of sp³-hybridized carbons (Fsp3) is 0.889. The summed E-state index contributed by atoms with van der Waals surface area (Å²) in [6, 6.07) is -1.37. The lowest BCUT2D eigenvalue weighted by molar-refractivity contribution is -0.319. The van der Waals surface area contributed by atoms with Crippen LogP contribution < -0.4 is 5.32 Å². The van der Waals surface area contributed by atoms with Crippen molar-refractivity contribution in [2.24, 2.45) is 0 Å². The van der Waals surface area contributed by atoms with Crippen molar-refractivity contribution in [3.63, 3.8) is 0 Å². The fourth-order valence-corrected chi connectivity index (χ4v) is 3.01. The van der Waals surface area contributed by atoms with Crippen molar-refractivity contribution in [2.45, 2.75) is 62.6 Å². The Morgan fingerprint density at radius 2 is 1.84 bits per heavy atom. The summed E-state index contributed by atoms with van der Waals surface area (Å²) in [7, 11) is 1.51.